The maximum absolute atomic E-state index is 4.81. The third-order valence-electron chi connectivity index (χ3n) is 3.65. The van der Waals surface area contributed by atoms with Crippen LogP contribution in [0.2, 0.25) is 0 Å². The molecule has 3 nitrogen and oxygen atoms in total. The number of pyridine rings is 1. The number of rotatable bonds is 4. The lowest BCUT2D eigenvalue weighted by atomic mass is 10.1. The number of nitrogens with one attached hydrogen (secondary N) is 1. The highest BCUT2D eigenvalue weighted by molar-refractivity contribution is 8.00. The number of hydrogen-bond acceptors (Lipinski definition) is 4. The Kier molecular flexibility index (Phi) is 5.33. The van der Waals surface area contributed by atoms with Gasteiger partial charge in [0.05, 0.1) is 5.69 Å². The van der Waals surface area contributed by atoms with Crippen LogP contribution < -0.4 is 10.2 Å². The first kappa shape index (κ1) is 15.6. The lowest BCUT2D eigenvalue weighted by Gasteiger charge is -2.23. The van der Waals surface area contributed by atoms with Crippen LogP contribution in [-0.4, -0.2) is 34.6 Å². The van der Waals surface area contributed by atoms with Gasteiger partial charge in [0.1, 0.15) is 5.82 Å². The van der Waals surface area contributed by atoms with E-state index in [1.54, 1.807) is 0 Å². The summed E-state index contributed by atoms with van der Waals surface area (Å²) in [6.45, 7) is 12.1. The number of thioether (sulfide) groups is 1. The van der Waals surface area contributed by atoms with Crippen LogP contribution in [0.15, 0.2) is 18.2 Å². The van der Waals surface area contributed by atoms with Crippen molar-refractivity contribution in [2.75, 3.05) is 23.7 Å². The maximum Gasteiger partial charge on any atom is 0.128 e. The molecule has 1 aromatic rings. The molecule has 4 heteroatoms. The molecule has 0 radical (unpaired) electrons. The minimum Gasteiger partial charge on any atom is -0.356 e. The van der Waals surface area contributed by atoms with Crippen molar-refractivity contribution < 1.29 is 0 Å². The van der Waals surface area contributed by atoms with E-state index in [0.717, 1.165) is 31.1 Å². The summed E-state index contributed by atoms with van der Waals surface area (Å²) in [5, 5.41) is 3.43. The summed E-state index contributed by atoms with van der Waals surface area (Å²) in [7, 11) is 0. The molecule has 0 bridgehead atoms. The minimum atomic E-state index is 0.394. The first-order chi connectivity index (χ1) is 9.46. The van der Waals surface area contributed by atoms with Crippen molar-refractivity contribution in [3.05, 3.63) is 23.9 Å². The molecule has 1 aromatic heterocycles. The number of aromatic nitrogens is 1. The number of hydrogen-bond donors (Lipinski definition) is 1. The highest BCUT2D eigenvalue weighted by atomic mass is 32.2. The second-order valence-electron chi connectivity index (χ2n) is 6.37. The second-order valence-corrected chi connectivity index (χ2v) is 8.17. The van der Waals surface area contributed by atoms with Gasteiger partial charge >= 0.3 is 0 Å². The van der Waals surface area contributed by atoms with Gasteiger partial charge in [-0.2, -0.15) is 11.8 Å². The van der Waals surface area contributed by atoms with Gasteiger partial charge in [0.15, 0.2) is 0 Å². The van der Waals surface area contributed by atoms with Gasteiger partial charge in [-0.15, -0.1) is 0 Å². The normalized spacial score (nSPS) is 19.1. The lowest BCUT2D eigenvalue weighted by molar-refractivity contribution is 0.580. The van der Waals surface area contributed by atoms with E-state index in [1.165, 1.54) is 12.2 Å². The Hall–Kier alpha value is -0.740. The van der Waals surface area contributed by atoms with Gasteiger partial charge in [-0.25, -0.2) is 4.98 Å². The predicted molar refractivity (Wildman–Crippen MR) is 89.6 cm³/mol. The van der Waals surface area contributed by atoms with Crippen LogP contribution in [0.1, 0.15) is 39.8 Å². The summed E-state index contributed by atoms with van der Waals surface area (Å²) < 4.78 is 0.394. The molecule has 0 saturated carbocycles. The molecule has 20 heavy (non-hydrogen) atoms. The summed E-state index contributed by atoms with van der Waals surface area (Å²) in [4.78, 5) is 7.24. The largest absolute Gasteiger partial charge is 0.356 e. The summed E-state index contributed by atoms with van der Waals surface area (Å²) in [5.41, 5.74) is 1.13. The fourth-order valence-electron chi connectivity index (χ4n) is 2.30. The van der Waals surface area contributed by atoms with Crippen LogP contribution >= 0.6 is 11.8 Å². The molecule has 0 aliphatic carbocycles. The molecule has 0 amide bonds. The van der Waals surface area contributed by atoms with Crippen LogP contribution in [0, 0.1) is 0 Å². The van der Waals surface area contributed by atoms with Gasteiger partial charge in [-0.05, 0) is 18.6 Å². The van der Waals surface area contributed by atoms with E-state index in [4.69, 9.17) is 4.98 Å². The first-order valence-electron chi connectivity index (χ1n) is 7.54. The monoisotopic (exact) mass is 293 g/mol. The zero-order chi connectivity index (χ0) is 14.6. The van der Waals surface area contributed by atoms with Crippen molar-refractivity contribution in [2.45, 2.75) is 51.4 Å². The molecule has 112 valence electrons. The average molecular weight is 293 g/mol. The average Bonchev–Trinajstić information content (AvgIpc) is 2.58. The zero-order valence-electron chi connectivity index (χ0n) is 13.1. The molecule has 1 fully saturated rings. The van der Waals surface area contributed by atoms with Crippen molar-refractivity contribution in [3.63, 3.8) is 0 Å². The molecule has 1 aliphatic heterocycles. The molecule has 2 rings (SSSR count). The fourth-order valence-corrected chi connectivity index (χ4v) is 3.40. The van der Waals surface area contributed by atoms with Crippen LogP contribution in [-0.2, 0) is 6.54 Å². The molecule has 2 heterocycles. The standard InChI is InChI=1S/C16H27N3S/c1-13(2)17-12-14-6-5-7-15(18-14)19-9-8-16(3,4)20-11-10-19/h5-7,13,17H,8-12H2,1-4H3. The van der Waals surface area contributed by atoms with E-state index in [1.807, 2.05) is 0 Å². The van der Waals surface area contributed by atoms with Gasteiger partial charge in [0, 0.05) is 36.2 Å². The van der Waals surface area contributed by atoms with E-state index < -0.39 is 0 Å². The Morgan fingerprint density at radius 3 is 2.90 bits per heavy atom. The van der Waals surface area contributed by atoms with Gasteiger partial charge in [0.25, 0.3) is 0 Å². The minimum absolute atomic E-state index is 0.394. The van der Waals surface area contributed by atoms with Crippen LogP contribution in [0.3, 0.4) is 0 Å². The molecule has 0 atom stereocenters. The first-order valence-corrected chi connectivity index (χ1v) is 8.53. The molecule has 1 aliphatic rings. The Bertz CT molecular complexity index is 431. The Labute approximate surface area is 127 Å². The smallest absolute Gasteiger partial charge is 0.128 e. The zero-order valence-corrected chi connectivity index (χ0v) is 14.0. The highest BCUT2D eigenvalue weighted by Gasteiger charge is 2.24. The quantitative estimate of drug-likeness (QED) is 0.922. The third-order valence-corrected chi connectivity index (χ3v) is 5.02. The van der Waals surface area contributed by atoms with Crippen LogP contribution in [0.4, 0.5) is 5.82 Å². The SMILES string of the molecule is CC(C)NCc1cccc(N2CCSC(C)(C)CC2)n1. The van der Waals surface area contributed by atoms with Gasteiger partial charge < -0.3 is 10.2 Å². The van der Waals surface area contributed by atoms with Crippen molar-refractivity contribution in [1.29, 1.82) is 0 Å². The number of nitrogens with zero attached hydrogens (tertiary/aromatic N) is 2. The van der Waals surface area contributed by atoms with Crippen molar-refractivity contribution >= 4 is 17.6 Å². The maximum atomic E-state index is 4.81. The van der Waals surface area contributed by atoms with Crippen LogP contribution in [0.5, 0.6) is 0 Å². The molecule has 1 saturated heterocycles. The van der Waals surface area contributed by atoms with Crippen molar-refractivity contribution in [2.24, 2.45) is 0 Å². The molecule has 0 aromatic carbocycles. The summed E-state index contributed by atoms with van der Waals surface area (Å²) in [5.74, 6) is 2.31. The molecular weight excluding hydrogens is 266 g/mol. The highest BCUT2D eigenvalue weighted by Crippen LogP contribution is 2.31. The fraction of sp³-hybridized carbons (Fsp3) is 0.688. The summed E-state index contributed by atoms with van der Waals surface area (Å²) in [6, 6.07) is 6.87. The number of anilines is 1. The van der Waals surface area contributed by atoms with Crippen molar-refractivity contribution in [3.8, 4) is 0 Å². The van der Waals surface area contributed by atoms with Crippen LogP contribution in [0.25, 0.3) is 0 Å². The lowest BCUT2D eigenvalue weighted by Crippen LogP contribution is -2.28. The van der Waals surface area contributed by atoms with Gasteiger partial charge in [-0.1, -0.05) is 33.8 Å². The predicted octanol–water partition coefficient (Wildman–Crippen LogP) is 3.30. The Balaban J connectivity index is 2.03. The molecule has 0 unspecified atom stereocenters. The summed E-state index contributed by atoms with van der Waals surface area (Å²) >= 11 is 2.08. The second kappa shape index (κ2) is 6.81. The van der Waals surface area contributed by atoms with Gasteiger partial charge in [0.2, 0.25) is 0 Å². The molecular formula is C16H27N3S. The summed E-state index contributed by atoms with van der Waals surface area (Å²) in [6.07, 6.45) is 1.22. The third kappa shape index (κ3) is 4.67. The van der Waals surface area contributed by atoms with Crippen molar-refractivity contribution in [1.82, 2.24) is 10.3 Å². The van der Waals surface area contributed by atoms with E-state index >= 15 is 0 Å². The van der Waals surface area contributed by atoms with E-state index in [2.05, 4.69) is 67.9 Å². The van der Waals surface area contributed by atoms with Gasteiger partial charge in [-0.3, -0.25) is 0 Å². The Morgan fingerprint density at radius 2 is 2.15 bits per heavy atom. The van der Waals surface area contributed by atoms with E-state index in [0.29, 0.717) is 10.8 Å². The molecule has 0 spiro atoms. The molecule has 1 N–H and O–H groups in total. The van der Waals surface area contributed by atoms with E-state index in [-0.39, 0.29) is 0 Å². The topological polar surface area (TPSA) is 28.2 Å². The Morgan fingerprint density at radius 1 is 1.35 bits per heavy atom. The van der Waals surface area contributed by atoms with E-state index in [9.17, 15) is 0 Å².